The Labute approximate surface area is 116 Å². The molecular formula is C16H25NO2. The lowest BCUT2D eigenvalue weighted by Crippen LogP contribution is -2.36. The van der Waals surface area contributed by atoms with E-state index in [1.165, 1.54) is 11.3 Å². The van der Waals surface area contributed by atoms with Gasteiger partial charge in [0.2, 0.25) is 0 Å². The highest BCUT2D eigenvalue weighted by Gasteiger charge is 2.24. The summed E-state index contributed by atoms with van der Waals surface area (Å²) >= 11 is 0. The largest absolute Gasteiger partial charge is 0.396 e. The van der Waals surface area contributed by atoms with E-state index in [0.29, 0.717) is 18.2 Å². The van der Waals surface area contributed by atoms with Gasteiger partial charge in [-0.3, -0.25) is 0 Å². The standard InChI is InChI=1S/C16H25NO2/c1-12-9-16(10-13(2)19-12)17-15-7-3-5-14(11-15)6-4-8-18/h3,5,7,11-13,16-18H,4,6,8-10H2,1-2H3. The number of ether oxygens (including phenoxy) is 1. The summed E-state index contributed by atoms with van der Waals surface area (Å²) in [6.07, 6.45) is 4.55. The van der Waals surface area contributed by atoms with Gasteiger partial charge < -0.3 is 15.2 Å². The Morgan fingerprint density at radius 1 is 1.26 bits per heavy atom. The molecule has 0 amide bonds. The van der Waals surface area contributed by atoms with Crippen molar-refractivity contribution in [1.82, 2.24) is 0 Å². The molecule has 106 valence electrons. The molecule has 3 nitrogen and oxygen atoms in total. The number of hydrogen-bond acceptors (Lipinski definition) is 3. The predicted octanol–water partition coefficient (Wildman–Crippen LogP) is 2.98. The van der Waals surface area contributed by atoms with Crippen LogP contribution < -0.4 is 5.32 Å². The molecule has 19 heavy (non-hydrogen) atoms. The first-order chi connectivity index (χ1) is 9.17. The number of anilines is 1. The van der Waals surface area contributed by atoms with E-state index < -0.39 is 0 Å². The SMILES string of the molecule is CC1CC(Nc2cccc(CCCO)c2)CC(C)O1. The molecule has 0 aliphatic carbocycles. The molecule has 2 rings (SSSR count). The maximum absolute atomic E-state index is 8.89. The van der Waals surface area contributed by atoms with Gasteiger partial charge in [0.25, 0.3) is 0 Å². The lowest BCUT2D eigenvalue weighted by atomic mass is 9.99. The Hall–Kier alpha value is -1.06. The minimum atomic E-state index is 0.257. The van der Waals surface area contributed by atoms with Crippen molar-refractivity contribution in [3.8, 4) is 0 Å². The van der Waals surface area contributed by atoms with Gasteiger partial charge in [0.1, 0.15) is 0 Å². The van der Waals surface area contributed by atoms with Crippen LogP contribution in [-0.2, 0) is 11.2 Å². The van der Waals surface area contributed by atoms with Gasteiger partial charge in [0.15, 0.2) is 0 Å². The molecule has 2 atom stereocenters. The Balaban J connectivity index is 1.94. The van der Waals surface area contributed by atoms with Crippen LogP contribution in [0.2, 0.25) is 0 Å². The van der Waals surface area contributed by atoms with Gasteiger partial charge in [-0.1, -0.05) is 12.1 Å². The van der Waals surface area contributed by atoms with Gasteiger partial charge in [0.05, 0.1) is 12.2 Å². The van der Waals surface area contributed by atoms with Crippen molar-refractivity contribution in [1.29, 1.82) is 0 Å². The van der Waals surface area contributed by atoms with E-state index in [4.69, 9.17) is 9.84 Å². The van der Waals surface area contributed by atoms with Crippen LogP contribution in [-0.4, -0.2) is 30.0 Å². The predicted molar refractivity (Wildman–Crippen MR) is 78.5 cm³/mol. The minimum Gasteiger partial charge on any atom is -0.396 e. The third kappa shape index (κ3) is 4.51. The lowest BCUT2D eigenvalue weighted by Gasteiger charge is -2.33. The Bertz CT molecular complexity index is 384. The first-order valence-corrected chi connectivity index (χ1v) is 7.29. The summed E-state index contributed by atoms with van der Waals surface area (Å²) in [7, 11) is 0. The average molecular weight is 263 g/mol. The molecule has 0 bridgehead atoms. The highest BCUT2D eigenvalue weighted by molar-refractivity contribution is 5.46. The fourth-order valence-corrected chi connectivity index (χ4v) is 2.86. The van der Waals surface area contributed by atoms with E-state index in [1.54, 1.807) is 0 Å². The minimum absolute atomic E-state index is 0.257. The van der Waals surface area contributed by atoms with Crippen molar-refractivity contribution < 1.29 is 9.84 Å². The van der Waals surface area contributed by atoms with Gasteiger partial charge in [-0.25, -0.2) is 0 Å². The topological polar surface area (TPSA) is 41.5 Å². The molecule has 0 saturated carbocycles. The highest BCUT2D eigenvalue weighted by atomic mass is 16.5. The summed E-state index contributed by atoms with van der Waals surface area (Å²) in [5, 5.41) is 12.5. The summed E-state index contributed by atoms with van der Waals surface area (Å²) in [6.45, 7) is 4.54. The fourth-order valence-electron chi connectivity index (χ4n) is 2.86. The quantitative estimate of drug-likeness (QED) is 0.858. The van der Waals surface area contributed by atoms with E-state index in [0.717, 1.165) is 25.7 Å². The van der Waals surface area contributed by atoms with E-state index in [1.807, 2.05) is 0 Å². The van der Waals surface area contributed by atoms with E-state index in [2.05, 4.69) is 43.4 Å². The number of hydrogen-bond donors (Lipinski definition) is 2. The molecule has 1 aliphatic heterocycles. The van der Waals surface area contributed by atoms with Crippen LogP contribution >= 0.6 is 0 Å². The van der Waals surface area contributed by atoms with Crippen LogP contribution in [0, 0.1) is 0 Å². The van der Waals surface area contributed by atoms with E-state index in [9.17, 15) is 0 Å². The summed E-state index contributed by atoms with van der Waals surface area (Å²) in [4.78, 5) is 0. The summed E-state index contributed by atoms with van der Waals surface area (Å²) in [5.74, 6) is 0. The number of aliphatic hydroxyl groups excluding tert-OH is 1. The van der Waals surface area contributed by atoms with Crippen LogP contribution in [0.25, 0.3) is 0 Å². The zero-order valence-electron chi connectivity index (χ0n) is 11.9. The molecule has 1 heterocycles. The molecule has 1 aromatic carbocycles. The van der Waals surface area contributed by atoms with E-state index in [-0.39, 0.29) is 6.61 Å². The molecule has 0 aromatic heterocycles. The normalized spacial score (nSPS) is 27.2. The van der Waals surface area contributed by atoms with Gasteiger partial charge in [-0.15, -0.1) is 0 Å². The van der Waals surface area contributed by atoms with Crippen molar-refractivity contribution >= 4 is 5.69 Å². The van der Waals surface area contributed by atoms with Crippen molar-refractivity contribution in [3.05, 3.63) is 29.8 Å². The second-order valence-electron chi connectivity index (χ2n) is 5.60. The number of rotatable bonds is 5. The van der Waals surface area contributed by atoms with E-state index >= 15 is 0 Å². The van der Waals surface area contributed by atoms with Crippen molar-refractivity contribution in [2.45, 2.75) is 57.8 Å². The average Bonchev–Trinajstić information content (AvgIpc) is 2.35. The zero-order chi connectivity index (χ0) is 13.7. The monoisotopic (exact) mass is 263 g/mol. The lowest BCUT2D eigenvalue weighted by molar-refractivity contribution is -0.0337. The molecule has 3 heteroatoms. The van der Waals surface area contributed by atoms with Gasteiger partial charge in [-0.2, -0.15) is 0 Å². The van der Waals surface area contributed by atoms with Crippen LogP contribution in [0.3, 0.4) is 0 Å². The Morgan fingerprint density at radius 3 is 2.68 bits per heavy atom. The molecule has 1 saturated heterocycles. The third-order valence-corrected chi connectivity index (χ3v) is 3.62. The number of aryl methyl sites for hydroxylation is 1. The molecule has 2 unspecified atom stereocenters. The first kappa shape index (κ1) is 14.4. The van der Waals surface area contributed by atoms with Crippen molar-refractivity contribution in [3.63, 3.8) is 0 Å². The van der Waals surface area contributed by atoms with Crippen LogP contribution in [0.15, 0.2) is 24.3 Å². The zero-order valence-corrected chi connectivity index (χ0v) is 11.9. The van der Waals surface area contributed by atoms with Gasteiger partial charge in [-0.05, 0) is 57.2 Å². The number of benzene rings is 1. The smallest absolute Gasteiger partial charge is 0.0570 e. The molecule has 2 N–H and O–H groups in total. The highest BCUT2D eigenvalue weighted by Crippen LogP contribution is 2.23. The Morgan fingerprint density at radius 2 is 2.00 bits per heavy atom. The molecule has 1 fully saturated rings. The molecular weight excluding hydrogens is 238 g/mol. The Kier molecular flexibility index (Phi) is 5.23. The van der Waals surface area contributed by atoms with Gasteiger partial charge >= 0.3 is 0 Å². The van der Waals surface area contributed by atoms with Crippen LogP contribution in [0.1, 0.15) is 38.7 Å². The maximum atomic E-state index is 8.89. The molecule has 0 radical (unpaired) electrons. The number of aliphatic hydroxyl groups is 1. The van der Waals surface area contributed by atoms with Gasteiger partial charge in [0, 0.05) is 18.3 Å². The maximum Gasteiger partial charge on any atom is 0.0570 e. The summed E-state index contributed by atoms with van der Waals surface area (Å²) in [6, 6.07) is 9.01. The van der Waals surface area contributed by atoms with Crippen LogP contribution in [0.5, 0.6) is 0 Å². The fraction of sp³-hybridized carbons (Fsp3) is 0.625. The summed E-state index contributed by atoms with van der Waals surface area (Å²) in [5.41, 5.74) is 2.47. The van der Waals surface area contributed by atoms with Crippen molar-refractivity contribution in [2.75, 3.05) is 11.9 Å². The molecule has 1 aromatic rings. The third-order valence-electron chi connectivity index (χ3n) is 3.62. The number of nitrogens with one attached hydrogen (secondary N) is 1. The molecule has 0 spiro atoms. The second-order valence-corrected chi connectivity index (χ2v) is 5.60. The van der Waals surface area contributed by atoms with Crippen LogP contribution in [0.4, 0.5) is 5.69 Å². The van der Waals surface area contributed by atoms with Crippen molar-refractivity contribution in [2.24, 2.45) is 0 Å². The summed E-state index contributed by atoms with van der Waals surface area (Å²) < 4.78 is 5.76. The second kappa shape index (κ2) is 6.92. The first-order valence-electron chi connectivity index (χ1n) is 7.29. The molecule has 1 aliphatic rings.